The third kappa shape index (κ3) is 10.7. The second-order valence-corrected chi connectivity index (χ2v) is 2.36. The van der Waals surface area contributed by atoms with Crippen LogP contribution in [0.3, 0.4) is 0 Å². The van der Waals surface area contributed by atoms with Gasteiger partial charge in [-0.1, -0.05) is 0 Å². The lowest BCUT2D eigenvalue weighted by Crippen LogP contribution is -2.06. The molecular formula is C3H11NO5S. The molecule has 0 bridgehead atoms. The van der Waals surface area contributed by atoms with Crippen LogP contribution in [0.4, 0.5) is 0 Å². The van der Waals surface area contributed by atoms with Crippen molar-refractivity contribution >= 4 is 10.4 Å². The molecule has 7 heteroatoms. The zero-order valence-corrected chi connectivity index (χ0v) is 6.43. The molecule has 5 N–H and O–H groups in total. The van der Waals surface area contributed by atoms with Gasteiger partial charge in [-0.15, -0.1) is 0 Å². The molecule has 0 aromatic rings. The summed E-state index contributed by atoms with van der Waals surface area (Å²) in [5.41, 5.74) is 0. The van der Waals surface area contributed by atoms with Crippen molar-refractivity contribution in [2.45, 2.75) is 6.42 Å². The van der Waals surface area contributed by atoms with E-state index in [0.717, 1.165) is 0 Å². The molecule has 10 heavy (non-hydrogen) atoms. The Hall–Kier alpha value is -0.210. The first-order valence-corrected chi connectivity index (χ1v) is 3.60. The van der Waals surface area contributed by atoms with Crippen LogP contribution >= 0.6 is 0 Å². The van der Waals surface area contributed by atoms with E-state index < -0.39 is 10.4 Å². The highest BCUT2D eigenvalue weighted by Crippen LogP contribution is 1.86. The summed E-state index contributed by atoms with van der Waals surface area (Å²) in [5.74, 6) is 0. The maximum atomic E-state index is 9.65. The molecule has 0 heterocycles. The fourth-order valence-corrected chi connectivity index (χ4v) is 0.548. The van der Waals surface area contributed by atoms with Crippen molar-refractivity contribution in [3.05, 3.63) is 0 Å². The standard InChI is InChI=1S/C3H8O5S.H3N/c4-2-1-3-8-9(5,6)7;/h4H,1-3H2,(H,5,6,7);1H3. The molecule has 0 unspecified atom stereocenters. The van der Waals surface area contributed by atoms with Gasteiger partial charge in [0, 0.05) is 6.61 Å². The van der Waals surface area contributed by atoms with E-state index in [2.05, 4.69) is 4.18 Å². The maximum Gasteiger partial charge on any atom is 0.217 e. The fraction of sp³-hybridized carbons (Fsp3) is 1.00. The average Bonchev–Trinajstić information content (AvgIpc) is 1.63. The lowest BCUT2D eigenvalue weighted by atomic mass is 10.5. The third-order valence-corrected chi connectivity index (χ3v) is 0.985. The van der Waals surface area contributed by atoms with Crippen LogP contribution in [-0.4, -0.2) is 31.3 Å². The van der Waals surface area contributed by atoms with E-state index in [1.165, 1.54) is 0 Å². The summed E-state index contributed by atoms with van der Waals surface area (Å²) in [6.07, 6.45) is 0.154. The Labute approximate surface area is 59.4 Å². The van der Waals surface area contributed by atoms with Gasteiger partial charge in [-0.05, 0) is 6.42 Å². The van der Waals surface area contributed by atoms with Crippen molar-refractivity contribution in [1.82, 2.24) is 6.15 Å². The molecule has 0 saturated carbocycles. The first-order chi connectivity index (χ1) is 4.06. The minimum Gasteiger partial charge on any atom is -0.726 e. The summed E-state index contributed by atoms with van der Waals surface area (Å²) in [4.78, 5) is 0. The lowest BCUT2D eigenvalue weighted by Gasteiger charge is -2.04. The van der Waals surface area contributed by atoms with Crippen molar-refractivity contribution < 1.29 is 22.3 Å². The minimum absolute atomic E-state index is 0. The molecule has 0 aliphatic rings. The molecule has 0 saturated heterocycles. The predicted molar refractivity (Wildman–Crippen MR) is 33.3 cm³/mol. The zero-order chi connectivity index (χ0) is 7.33. The third-order valence-electron chi connectivity index (χ3n) is 0.530. The van der Waals surface area contributed by atoms with E-state index in [9.17, 15) is 13.0 Å². The molecule has 64 valence electrons. The number of hydrogen-bond donors (Lipinski definition) is 2. The van der Waals surface area contributed by atoms with E-state index in [1.54, 1.807) is 0 Å². The van der Waals surface area contributed by atoms with Gasteiger partial charge >= 0.3 is 0 Å². The molecule has 0 aliphatic heterocycles. The molecule has 0 atom stereocenters. The van der Waals surface area contributed by atoms with Crippen molar-refractivity contribution in [3.8, 4) is 0 Å². The van der Waals surface area contributed by atoms with Gasteiger partial charge in [0.15, 0.2) is 0 Å². The second-order valence-electron chi connectivity index (χ2n) is 1.31. The number of hydrogen-bond acceptors (Lipinski definition) is 5. The van der Waals surface area contributed by atoms with Gasteiger partial charge in [0.2, 0.25) is 10.4 Å². The van der Waals surface area contributed by atoms with E-state index >= 15 is 0 Å². The van der Waals surface area contributed by atoms with Gasteiger partial charge in [0.1, 0.15) is 0 Å². The summed E-state index contributed by atoms with van der Waals surface area (Å²) in [5, 5.41) is 8.09. The number of quaternary nitrogens is 1. The van der Waals surface area contributed by atoms with Crippen LogP contribution in [0.2, 0.25) is 0 Å². The average molecular weight is 173 g/mol. The highest BCUT2D eigenvalue weighted by molar-refractivity contribution is 7.80. The van der Waals surface area contributed by atoms with Crippen LogP contribution in [-0.2, 0) is 14.6 Å². The molecule has 0 aliphatic carbocycles. The molecular weight excluding hydrogens is 162 g/mol. The predicted octanol–water partition coefficient (Wildman–Crippen LogP) is -0.778. The van der Waals surface area contributed by atoms with Gasteiger partial charge in [-0.3, -0.25) is 4.18 Å². The lowest BCUT2D eigenvalue weighted by molar-refractivity contribution is 0.216. The van der Waals surface area contributed by atoms with Gasteiger partial charge in [0.05, 0.1) is 6.61 Å². The fourth-order valence-electron chi connectivity index (χ4n) is 0.226. The molecule has 0 aromatic carbocycles. The van der Waals surface area contributed by atoms with Crippen molar-refractivity contribution in [2.24, 2.45) is 0 Å². The Morgan fingerprint density at radius 1 is 1.50 bits per heavy atom. The highest BCUT2D eigenvalue weighted by Gasteiger charge is 1.91. The topological polar surface area (TPSA) is 123 Å². The van der Waals surface area contributed by atoms with E-state index in [-0.39, 0.29) is 25.8 Å². The summed E-state index contributed by atoms with van der Waals surface area (Å²) in [6, 6.07) is 0. The van der Waals surface area contributed by atoms with Crippen LogP contribution in [0.1, 0.15) is 6.42 Å². The zero-order valence-electron chi connectivity index (χ0n) is 5.61. The Bertz CT molecular complexity index is 152. The molecule has 0 aromatic heterocycles. The first kappa shape index (κ1) is 12.5. The van der Waals surface area contributed by atoms with Gasteiger partial charge < -0.3 is 15.8 Å². The van der Waals surface area contributed by atoms with Crippen molar-refractivity contribution in [3.63, 3.8) is 0 Å². The SMILES string of the molecule is O=S(=O)([O-])OCCCO.[NH4+]. The van der Waals surface area contributed by atoms with Crippen LogP contribution in [0, 0.1) is 0 Å². The smallest absolute Gasteiger partial charge is 0.217 e. The molecule has 0 radical (unpaired) electrons. The number of rotatable bonds is 4. The van der Waals surface area contributed by atoms with E-state index in [0.29, 0.717) is 0 Å². The van der Waals surface area contributed by atoms with E-state index in [4.69, 9.17) is 5.11 Å². The quantitative estimate of drug-likeness (QED) is 0.328. The summed E-state index contributed by atoms with van der Waals surface area (Å²) in [6.45, 7) is -0.433. The summed E-state index contributed by atoms with van der Waals surface area (Å²) in [7, 11) is -4.56. The van der Waals surface area contributed by atoms with Crippen LogP contribution in [0.15, 0.2) is 0 Å². The Kier molecular flexibility index (Phi) is 6.94. The Morgan fingerprint density at radius 2 is 2.00 bits per heavy atom. The van der Waals surface area contributed by atoms with Crippen molar-refractivity contribution in [1.29, 1.82) is 0 Å². The van der Waals surface area contributed by atoms with Gasteiger partial charge in [-0.2, -0.15) is 0 Å². The molecule has 0 amide bonds. The van der Waals surface area contributed by atoms with E-state index in [1.807, 2.05) is 0 Å². The Balaban J connectivity index is 0. The molecule has 0 rings (SSSR count). The van der Waals surface area contributed by atoms with Crippen LogP contribution in [0.25, 0.3) is 0 Å². The molecule has 6 nitrogen and oxygen atoms in total. The number of aliphatic hydroxyl groups is 1. The van der Waals surface area contributed by atoms with Crippen molar-refractivity contribution in [2.75, 3.05) is 13.2 Å². The van der Waals surface area contributed by atoms with Gasteiger partial charge in [0.25, 0.3) is 0 Å². The van der Waals surface area contributed by atoms with Crippen LogP contribution < -0.4 is 6.15 Å². The first-order valence-electron chi connectivity index (χ1n) is 2.27. The number of aliphatic hydroxyl groups excluding tert-OH is 1. The monoisotopic (exact) mass is 173 g/mol. The molecule has 0 fully saturated rings. The maximum absolute atomic E-state index is 9.65. The normalized spacial score (nSPS) is 10.6. The summed E-state index contributed by atoms with van der Waals surface area (Å²) >= 11 is 0. The summed E-state index contributed by atoms with van der Waals surface area (Å²) < 4.78 is 32.7. The minimum atomic E-state index is -4.56. The Morgan fingerprint density at radius 3 is 2.30 bits per heavy atom. The highest BCUT2D eigenvalue weighted by atomic mass is 32.3. The molecule has 0 spiro atoms. The van der Waals surface area contributed by atoms with Crippen LogP contribution in [0.5, 0.6) is 0 Å². The largest absolute Gasteiger partial charge is 0.726 e. The second kappa shape index (κ2) is 5.57. The van der Waals surface area contributed by atoms with Gasteiger partial charge in [-0.25, -0.2) is 8.42 Å².